The summed E-state index contributed by atoms with van der Waals surface area (Å²) >= 11 is 0. The average Bonchev–Trinajstić information content (AvgIpc) is 2.38. The molecule has 2 nitrogen and oxygen atoms in total. The van der Waals surface area contributed by atoms with Crippen LogP contribution < -0.4 is 0 Å². The Morgan fingerprint density at radius 2 is 1.80 bits per heavy atom. The molecule has 0 amide bonds. The fourth-order valence-electron chi connectivity index (χ4n) is 1.59. The van der Waals surface area contributed by atoms with Crippen molar-refractivity contribution in [3.8, 4) is 0 Å². The number of benzene rings is 1. The molecule has 0 radical (unpaired) electrons. The van der Waals surface area contributed by atoms with Gasteiger partial charge in [-0.2, -0.15) is 0 Å². The van der Waals surface area contributed by atoms with Crippen LogP contribution in [0.25, 0.3) is 0 Å². The molecule has 0 N–H and O–H groups in total. The van der Waals surface area contributed by atoms with Gasteiger partial charge < -0.3 is 9.16 Å². The van der Waals surface area contributed by atoms with Crippen LogP contribution >= 0.6 is 0 Å². The highest BCUT2D eigenvalue weighted by molar-refractivity contribution is 6.74. The monoisotopic (exact) mass is 292 g/mol. The Balaban J connectivity index is 2.74. The highest BCUT2D eigenvalue weighted by atomic mass is 28.4. The van der Waals surface area contributed by atoms with E-state index >= 15 is 0 Å². The molecule has 0 aliphatic heterocycles. The number of hydrogen-bond acceptors (Lipinski definition) is 2. The van der Waals surface area contributed by atoms with E-state index in [2.05, 4.69) is 52.6 Å². The summed E-state index contributed by atoms with van der Waals surface area (Å²) in [4.78, 5) is 0. The van der Waals surface area contributed by atoms with Crippen LogP contribution in [-0.2, 0) is 9.16 Å². The van der Waals surface area contributed by atoms with Crippen molar-refractivity contribution >= 4 is 8.32 Å². The highest BCUT2D eigenvalue weighted by Crippen LogP contribution is 2.37. The summed E-state index contributed by atoms with van der Waals surface area (Å²) in [5.74, 6) is 0. The summed E-state index contributed by atoms with van der Waals surface area (Å²) in [5.41, 5.74) is 1.16. The maximum atomic E-state index is 6.29. The summed E-state index contributed by atoms with van der Waals surface area (Å²) < 4.78 is 12.2. The van der Waals surface area contributed by atoms with E-state index in [-0.39, 0.29) is 11.1 Å². The first-order valence-electron chi connectivity index (χ1n) is 7.19. The molecule has 0 aliphatic carbocycles. The van der Waals surface area contributed by atoms with Gasteiger partial charge in [0.2, 0.25) is 0 Å². The first kappa shape index (κ1) is 17.1. The lowest BCUT2D eigenvalue weighted by molar-refractivity contribution is 0.0313. The van der Waals surface area contributed by atoms with Crippen molar-refractivity contribution in [2.24, 2.45) is 0 Å². The van der Waals surface area contributed by atoms with E-state index in [0.717, 1.165) is 5.56 Å². The molecule has 0 fully saturated rings. The number of rotatable bonds is 7. The van der Waals surface area contributed by atoms with Gasteiger partial charge in [-0.1, -0.05) is 57.2 Å². The molecular formula is C17H28O2Si. The molecule has 20 heavy (non-hydrogen) atoms. The van der Waals surface area contributed by atoms with Crippen LogP contribution in [0.5, 0.6) is 0 Å². The van der Waals surface area contributed by atoms with Gasteiger partial charge in [0.05, 0.1) is 13.2 Å². The minimum atomic E-state index is -1.75. The molecule has 0 saturated heterocycles. The molecule has 0 bridgehead atoms. The van der Waals surface area contributed by atoms with E-state index in [4.69, 9.17) is 9.16 Å². The van der Waals surface area contributed by atoms with Crippen LogP contribution in [0.2, 0.25) is 18.1 Å². The van der Waals surface area contributed by atoms with Gasteiger partial charge in [0, 0.05) is 0 Å². The summed E-state index contributed by atoms with van der Waals surface area (Å²) in [6.45, 7) is 16.2. The van der Waals surface area contributed by atoms with Gasteiger partial charge in [0.15, 0.2) is 8.32 Å². The molecule has 1 rings (SSSR count). The van der Waals surface area contributed by atoms with Crippen molar-refractivity contribution in [2.45, 2.75) is 45.0 Å². The molecule has 1 aromatic rings. The molecule has 1 unspecified atom stereocenters. The van der Waals surface area contributed by atoms with E-state index in [1.54, 1.807) is 6.08 Å². The van der Waals surface area contributed by atoms with Crippen LogP contribution in [-0.4, -0.2) is 21.5 Å². The molecular weight excluding hydrogens is 264 g/mol. The van der Waals surface area contributed by atoms with Crippen molar-refractivity contribution < 1.29 is 9.16 Å². The van der Waals surface area contributed by atoms with E-state index in [1.807, 2.05) is 18.2 Å². The molecule has 0 aromatic heterocycles. The number of hydrogen-bond donors (Lipinski definition) is 0. The van der Waals surface area contributed by atoms with Gasteiger partial charge in [-0.15, -0.1) is 6.58 Å². The first-order chi connectivity index (χ1) is 9.28. The van der Waals surface area contributed by atoms with Crippen molar-refractivity contribution in [2.75, 3.05) is 13.2 Å². The van der Waals surface area contributed by atoms with Crippen LogP contribution in [0, 0.1) is 0 Å². The third kappa shape index (κ3) is 4.89. The van der Waals surface area contributed by atoms with Gasteiger partial charge in [-0.3, -0.25) is 0 Å². The van der Waals surface area contributed by atoms with Crippen molar-refractivity contribution in [1.29, 1.82) is 0 Å². The highest BCUT2D eigenvalue weighted by Gasteiger charge is 2.37. The minimum Gasteiger partial charge on any atom is -0.414 e. The van der Waals surface area contributed by atoms with Crippen molar-refractivity contribution in [3.05, 3.63) is 48.6 Å². The predicted octanol–water partition coefficient (Wildman–Crippen LogP) is 4.95. The molecule has 0 heterocycles. The van der Waals surface area contributed by atoms with Crippen LogP contribution in [0.15, 0.2) is 43.0 Å². The maximum Gasteiger partial charge on any atom is 0.192 e. The lowest BCUT2D eigenvalue weighted by atomic mass is 10.1. The molecule has 3 heteroatoms. The SMILES string of the molecule is C=CCOC(CO[Si](C)(C)C(C)(C)C)c1ccccc1. The fourth-order valence-corrected chi connectivity index (χ4v) is 2.59. The quantitative estimate of drug-likeness (QED) is 0.523. The van der Waals surface area contributed by atoms with Gasteiger partial charge >= 0.3 is 0 Å². The second-order valence-electron chi connectivity index (χ2n) is 6.59. The zero-order chi connectivity index (χ0) is 15.2. The predicted molar refractivity (Wildman–Crippen MR) is 88.5 cm³/mol. The minimum absolute atomic E-state index is 0.0247. The van der Waals surface area contributed by atoms with E-state index in [0.29, 0.717) is 13.2 Å². The molecule has 1 atom stereocenters. The van der Waals surface area contributed by atoms with Crippen molar-refractivity contribution in [1.82, 2.24) is 0 Å². The molecule has 1 aromatic carbocycles. The maximum absolute atomic E-state index is 6.29. The second-order valence-corrected chi connectivity index (χ2v) is 11.4. The third-order valence-corrected chi connectivity index (χ3v) is 8.49. The van der Waals surface area contributed by atoms with Crippen molar-refractivity contribution in [3.63, 3.8) is 0 Å². The Kier molecular flexibility index (Phi) is 6.18. The second kappa shape index (κ2) is 7.20. The van der Waals surface area contributed by atoms with E-state index in [1.165, 1.54) is 0 Å². The van der Waals surface area contributed by atoms with Gasteiger partial charge in [-0.25, -0.2) is 0 Å². The fraction of sp³-hybridized carbons (Fsp3) is 0.529. The molecule has 0 spiro atoms. The van der Waals surface area contributed by atoms with Crippen LogP contribution in [0.1, 0.15) is 32.4 Å². The summed E-state index contributed by atoms with van der Waals surface area (Å²) in [7, 11) is -1.75. The van der Waals surface area contributed by atoms with Crippen LogP contribution in [0.3, 0.4) is 0 Å². The largest absolute Gasteiger partial charge is 0.414 e. The van der Waals surface area contributed by atoms with Crippen LogP contribution in [0.4, 0.5) is 0 Å². The zero-order valence-corrected chi connectivity index (χ0v) is 14.5. The van der Waals surface area contributed by atoms with E-state index < -0.39 is 8.32 Å². The lowest BCUT2D eigenvalue weighted by Crippen LogP contribution is -2.41. The molecule has 0 aliphatic rings. The summed E-state index contributed by atoms with van der Waals surface area (Å²) in [6, 6.07) is 10.3. The Labute approximate surface area is 124 Å². The topological polar surface area (TPSA) is 18.5 Å². The lowest BCUT2D eigenvalue weighted by Gasteiger charge is -2.37. The summed E-state index contributed by atoms with van der Waals surface area (Å²) in [6.07, 6.45) is 1.76. The Hall–Kier alpha value is -0.903. The summed E-state index contributed by atoms with van der Waals surface area (Å²) in [5, 5.41) is 0.215. The van der Waals surface area contributed by atoms with Gasteiger partial charge in [0.1, 0.15) is 6.10 Å². The average molecular weight is 292 g/mol. The third-order valence-electron chi connectivity index (χ3n) is 3.99. The molecule has 0 saturated carbocycles. The normalized spacial score (nSPS) is 14.1. The van der Waals surface area contributed by atoms with E-state index in [9.17, 15) is 0 Å². The Morgan fingerprint density at radius 3 is 2.30 bits per heavy atom. The molecule has 112 valence electrons. The van der Waals surface area contributed by atoms with Gasteiger partial charge in [-0.05, 0) is 23.7 Å². The smallest absolute Gasteiger partial charge is 0.192 e. The standard InChI is InChI=1S/C17H28O2Si/c1-7-13-18-16(15-11-9-8-10-12-15)14-19-20(5,6)17(2,3)4/h7-12,16H,1,13-14H2,2-6H3. The first-order valence-corrected chi connectivity index (χ1v) is 10.1. The zero-order valence-electron chi connectivity index (χ0n) is 13.5. The Morgan fingerprint density at radius 1 is 1.20 bits per heavy atom. The van der Waals surface area contributed by atoms with Gasteiger partial charge in [0.25, 0.3) is 0 Å². The Bertz CT molecular complexity index is 407. The number of ether oxygens (including phenoxy) is 1.